The summed E-state index contributed by atoms with van der Waals surface area (Å²) in [5.74, 6) is 0. The van der Waals surface area contributed by atoms with E-state index in [0.717, 1.165) is 12.8 Å². The van der Waals surface area contributed by atoms with Gasteiger partial charge in [-0.3, -0.25) is 0 Å². The van der Waals surface area contributed by atoms with E-state index in [2.05, 4.69) is 243 Å². The van der Waals surface area contributed by atoms with Crippen LogP contribution >= 0.6 is 17.0 Å². The van der Waals surface area contributed by atoms with E-state index in [1.54, 1.807) is 0 Å². The Hall–Kier alpha value is -5.08. The Morgan fingerprint density at radius 1 is 0.443 bits per heavy atom. The molecular formula is C66H63Cl2SiZr. The van der Waals surface area contributed by atoms with Gasteiger partial charge in [-0.05, 0) is 0 Å². The van der Waals surface area contributed by atoms with Crippen molar-refractivity contribution in [2.45, 2.75) is 86.3 Å². The molecule has 0 N–H and O–H groups in total. The summed E-state index contributed by atoms with van der Waals surface area (Å²) in [5.41, 5.74) is 22.8. The zero-order valence-electron chi connectivity index (χ0n) is 41.9. The van der Waals surface area contributed by atoms with Gasteiger partial charge in [0, 0.05) is 0 Å². The first-order chi connectivity index (χ1) is 33.6. The molecule has 8 aromatic rings. The Kier molecular flexibility index (Phi) is 11.9. The number of aryl methyl sites for hydroxylation is 2. The van der Waals surface area contributed by atoms with Crippen LogP contribution in [-0.4, -0.2) is 9.52 Å². The molecule has 0 bridgehead atoms. The number of fused-ring (bicyclic) bond motifs is 5. The number of allylic oxidation sites excluding steroid dienone is 2. The Bertz CT molecular complexity index is 3260. The molecule has 0 aromatic heterocycles. The Morgan fingerprint density at radius 2 is 0.857 bits per heavy atom. The Morgan fingerprint density at radius 3 is 1.31 bits per heavy atom. The summed E-state index contributed by atoms with van der Waals surface area (Å²) in [6.45, 7) is 18.7. The molecule has 0 spiro atoms. The van der Waals surface area contributed by atoms with Crippen molar-refractivity contribution in [3.63, 3.8) is 0 Å². The van der Waals surface area contributed by atoms with Gasteiger partial charge in [-0.2, -0.15) is 0 Å². The SMILES string of the molecule is CCc1ccccc1-c1c(C(C)(C)C)ccc2c1C=C(c1ccccc1)[CH]2[Zr]([Cl])([Cl])([c]1cccc2c1[SiH2]c1ccccc1-2)[CH]1C(c2ccccc2)=Cc2c1ccc(C(C)(C)C)c2-c1ccccc1CC. The van der Waals surface area contributed by atoms with E-state index < -0.39 is 25.9 Å². The van der Waals surface area contributed by atoms with Crippen LogP contribution in [0.1, 0.15) is 118 Å². The fourth-order valence-corrected chi connectivity index (χ4v) is 39.9. The summed E-state index contributed by atoms with van der Waals surface area (Å²) in [4.78, 5) is 0. The van der Waals surface area contributed by atoms with Gasteiger partial charge in [0.1, 0.15) is 0 Å². The second-order valence-electron chi connectivity index (χ2n) is 22.1. The van der Waals surface area contributed by atoms with Crippen molar-refractivity contribution in [3.05, 3.63) is 232 Å². The fraction of sp³-hybridized carbons (Fsp3) is 0.212. The molecule has 0 nitrogen and oxygen atoms in total. The third-order valence-electron chi connectivity index (χ3n) is 16.0. The first-order valence-electron chi connectivity index (χ1n) is 25.5. The summed E-state index contributed by atoms with van der Waals surface area (Å²) >= 11 is -6.10. The van der Waals surface area contributed by atoms with Gasteiger partial charge in [0.05, 0.1) is 0 Å². The zero-order valence-corrected chi connectivity index (χ0v) is 47.3. The summed E-state index contributed by atoms with van der Waals surface area (Å²) < 4.78 is 0.629. The topological polar surface area (TPSA) is 0 Å². The average molecular weight is 1050 g/mol. The molecule has 3 aliphatic rings. The number of rotatable bonds is 9. The third-order valence-corrected chi connectivity index (χ3v) is 38.5. The van der Waals surface area contributed by atoms with Crippen molar-refractivity contribution >= 4 is 63.5 Å². The Balaban J connectivity index is 1.32. The van der Waals surface area contributed by atoms with Gasteiger partial charge in [-0.15, -0.1) is 0 Å². The van der Waals surface area contributed by atoms with E-state index in [1.807, 2.05) is 0 Å². The van der Waals surface area contributed by atoms with E-state index in [1.165, 1.54) is 114 Å². The van der Waals surface area contributed by atoms with Gasteiger partial charge in [0.25, 0.3) is 0 Å². The van der Waals surface area contributed by atoms with Gasteiger partial charge >= 0.3 is 431 Å². The molecule has 349 valence electrons. The van der Waals surface area contributed by atoms with Gasteiger partial charge in [0.2, 0.25) is 0 Å². The molecule has 2 unspecified atom stereocenters. The first-order valence-corrected chi connectivity index (χ1v) is 37.3. The fourth-order valence-electron chi connectivity index (χ4n) is 12.9. The van der Waals surface area contributed by atoms with Crippen molar-refractivity contribution in [2.75, 3.05) is 0 Å². The van der Waals surface area contributed by atoms with Crippen LogP contribution in [0.2, 0.25) is 0 Å². The molecule has 11 rings (SSSR count). The second kappa shape index (κ2) is 17.6. The Labute approximate surface area is 427 Å². The molecule has 4 heteroatoms. The molecule has 0 amide bonds. The standard InChI is InChI=1S/2C27H27.C12H9Si.2ClH.Zr/c2*1-5-19-11-9-10-14-23(19)26-24-18-22(20-12-7-6-8-13-20)17-21(24)15-16-25(26)27(2,3)4;1-3-7-11-9(5-1)10-6-2-4-8-12(10)13-11;;;/h2*6-18H,5H2,1-4H3;1-7H,13H2;2*1H;/q;;;;;+2/p-2. The summed E-state index contributed by atoms with van der Waals surface area (Å²) in [5, 5.41) is 2.89. The van der Waals surface area contributed by atoms with E-state index in [0.29, 0.717) is 0 Å². The predicted octanol–water partition coefficient (Wildman–Crippen LogP) is 16.1. The van der Waals surface area contributed by atoms with Crippen molar-refractivity contribution in [1.82, 2.24) is 0 Å². The molecule has 70 heavy (non-hydrogen) atoms. The van der Waals surface area contributed by atoms with Crippen LogP contribution in [-0.2, 0) is 40.1 Å². The first kappa shape index (κ1) is 47.3. The average Bonchev–Trinajstić information content (AvgIpc) is 4.09. The van der Waals surface area contributed by atoms with Crippen LogP contribution in [0.5, 0.6) is 0 Å². The van der Waals surface area contributed by atoms with Crippen LogP contribution in [0.3, 0.4) is 0 Å². The van der Waals surface area contributed by atoms with Crippen LogP contribution < -0.4 is 13.6 Å². The van der Waals surface area contributed by atoms with E-state index in [-0.39, 0.29) is 18.1 Å². The van der Waals surface area contributed by atoms with Gasteiger partial charge in [0.15, 0.2) is 0 Å². The number of hydrogen-bond acceptors (Lipinski definition) is 0. The molecule has 0 saturated heterocycles. The molecule has 1 aliphatic heterocycles. The van der Waals surface area contributed by atoms with Crippen molar-refractivity contribution in [3.8, 4) is 33.4 Å². The summed E-state index contributed by atoms with van der Waals surface area (Å²) in [6.07, 6.45) is 6.94. The second-order valence-corrected chi connectivity index (χ2v) is 44.5. The van der Waals surface area contributed by atoms with Gasteiger partial charge in [-0.1, -0.05) is 0 Å². The normalized spacial score (nSPS) is 17.0. The number of hydrogen-bond donors (Lipinski definition) is 0. The van der Waals surface area contributed by atoms with Crippen LogP contribution in [0.25, 0.3) is 56.7 Å². The minimum absolute atomic E-state index is 0.134. The number of halogens is 2. The van der Waals surface area contributed by atoms with E-state index in [9.17, 15) is 17.0 Å². The third kappa shape index (κ3) is 7.45. The molecule has 0 saturated carbocycles. The maximum absolute atomic E-state index is 9.79. The predicted molar refractivity (Wildman–Crippen MR) is 305 cm³/mol. The van der Waals surface area contributed by atoms with Crippen molar-refractivity contribution < 1.29 is 16.4 Å². The summed E-state index contributed by atoms with van der Waals surface area (Å²) in [7, 11) is 18.6. The molecule has 2 atom stereocenters. The van der Waals surface area contributed by atoms with E-state index in [4.69, 9.17) is 0 Å². The molecule has 0 fully saturated rings. The molecule has 8 aromatic carbocycles. The minimum atomic E-state index is -6.10. The van der Waals surface area contributed by atoms with Crippen molar-refractivity contribution in [1.29, 1.82) is 0 Å². The maximum atomic E-state index is 9.79. The molecule has 0 radical (unpaired) electrons. The van der Waals surface area contributed by atoms with Crippen LogP contribution in [0.15, 0.2) is 176 Å². The quantitative estimate of drug-likeness (QED) is 0.126. The van der Waals surface area contributed by atoms with Crippen molar-refractivity contribution in [2.24, 2.45) is 0 Å². The summed E-state index contributed by atoms with van der Waals surface area (Å²) in [6, 6.07) is 66.2. The van der Waals surface area contributed by atoms with Gasteiger partial charge < -0.3 is 0 Å². The molecule has 2 aliphatic carbocycles. The molecule has 1 heterocycles. The monoisotopic (exact) mass is 1040 g/mol. The number of benzene rings is 8. The van der Waals surface area contributed by atoms with E-state index >= 15 is 0 Å². The zero-order chi connectivity index (χ0) is 48.8. The van der Waals surface area contributed by atoms with Gasteiger partial charge in [-0.25, -0.2) is 0 Å². The van der Waals surface area contributed by atoms with Crippen LogP contribution in [0, 0.1) is 0 Å². The molecular weight excluding hydrogens is 983 g/mol. The van der Waals surface area contributed by atoms with Crippen LogP contribution in [0.4, 0.5) is 0 Å².